The number of hydrogen-bond donors (Lipinski definition) is 0. The average Bonchev–Trinajstić information content (AvgIpc) is 2.87. The third-order valence-corrected chi connectivity index (χ3v) is 3.35. The summed E-state index contributed by atoms with van der Waals surface area (Å²) in [6.45, 7) is 8.01. The van der Waals surface area contributed by atoms with Crippen molar-refractivity contribution in [3.8, 4) is 0 Å². The molecule has 0 radical (unpaired) electrons. The monoisotopic (exact) mass is 245 g/mol. The van der Waals surface area contributed by atoms with Crippen molar-refractivity contribution in [3.63, 3.8) is 0 Å². The fourth-order valence-corrected chi connectivity index (χ4v) is 2.02. The zero-order valence-corrected chi connectivity index (χ0v) is 10.9. The molecule has 0 spiro atoms. The summed E-state index contributed by atoms with van der Waals surface area (Å²) in [5.74, 6) is -0.0381. The molecule has 1 aliphatic rings. The molecule has 0 saturated carbocycles. The first kappa shape index (κ1) is 12.8. The lowest BCUT2D eigenvalue weighted by Gasteiger charge is -2.29. The highest BCUT2D eigenvalue weighted by Gasteiger charge is 2.38. The molecule has 1 aromatic carbocycles. The van der Waals surface area contributed by atoms with Gasteiger partial charge in [-0.05, 0) is 19.4 Å². The van der Waals surface area contributed by atoms with Gasteiger partial charge in [0.1, 0.15) is 0 Å². The summed E-state index contributed by atoms with van der Waals surface area (Å²) in [6.07, 6.45) is 2.50. The molecule has 0 bridgehead atoms. The molecule has 1 amide bonds. The normalized spacial score (nSPS) is 19.9. The molecule has 0 N–H and O–H groups in total. The SMILES string of the molecule is C=CC(C)(C)C(=O)N1OCCC1c1ccccc1. The summed E-state index contributed by atoms with van der Waals surface area (Å²) in [6, 6.07) is 10.0. The first-order valence-corrected chi connectivity index (χ1v) is 6.21. The lowest BCUT2D eigenvalue weighted by atomic mass is 9.91. The van der Waals surface area contributed by atoms with Crippen molar-refractivity contribution < 1.29 is 9.63 Å². The van der Waals surface area contributed by atoms with Crippen LogP contribution < -0.4 is 0 Å². The minimum absolute atomic E-state index is 0.0120. The second-order valence-electron chi connectivity index (χ2n) is 5.11. The molecule has 1 aliphatic heterocycles. The standard InChI is InChI=1S/C15H19NO2/c1-4-15(2,3)14(17)16-13(10-11-18-16)12-8-6-5-7-9-12/h4-9,13H,1,10-11H2,2-3H3. The van der Waals surface area contributed by atoms with Gasteiger partial charge in [-0.1, -0.05) is 36.4 Å². The highest BCUT2D eigenvalue weighted by Crippen LogP contribution is 2.34. The molecule has 1 fully saturated rings. The quantitative estimate of drug-likeness (QED) is 0.766. The highest BCUT2D eigenvalue weighted by atomic mass is 16.7. The number of benzene rings is 1. The van der Waals surface area contributed by atoms with Gasteiger partial charge < -0.3 is 0 Å². The molecule has 1 atom stereocenters. The van der Waals surface area contributed by atoms with Gasteiger partial charge in [-0.15, -0.1) is 6.58 Å². The molecule has 1 aromatic rings. The van der Waals surface area contributed by atoms with Gasteiger partial charge in [0.2, 0.25) is 0 Å². The van der Waals surface area contributed by atoms with Gasteiger partial charge >= 0.3 is 0 Å². The average molecular weight is 245 g/mol. The minimum Gasteiger partial charge on any atom is -0.272 e. The minimum atomic E-state index is -0.600. The van der Waals surface area contributed by atoms with E-state index in [1.54, 1.807) is 6.08 Å². The number of rotatable bonds is 3. The maximum atomic E-state index is 12.4. The van der Waals surface area contributed by atoms with E-state index in [9.17, 15) is 4.79 Å². The molecule has 1 heterocycles. The van der Waals surface area contributed by atoms with E-state index in [1.165, 1.54) is 5.06 Å². The molecule has 1 unspecified atom stereocenters. The zero-order valence-electron chi connectivity index (χ0n) is 10.9. The number of hydrogen-bond acceptors (Lipinski definition) is 2. The lowest BCUT2D eigenvalue weighted by molar-refractivity contribution is -0.184. The van der Waals surface area contributed by atoms with Crippen molar-refractivity contribution >= 4 is 5.91 Å². The highest BCUT2D eigenvalue weighted by molar-refractivity contribution is 5.83. The first-order valence-electron chi connectivity index (χ1n) is 6.21. The lowest BCUT2D eigenvalue weighted by Crippen LogP contribution is -2.38. The van der Waals surface area contributed by atoms with E-state index in [1.807, 2.05) is 44.2 Å². The summed E-state index contributed by atoms with van der Waals surface area (Å²) in [7, 11) is 0. The molecule has 96 valence electrons. The number of nitrogens with zero attached hydrogens (tertiary/aromatic N) is 1. The Kier molecular flexibility index (Phi) is 3.53. The topological polar surface area (TPSA) is 29.5 Å². The van der Waals surface area contributed by atoms with Crippen molar-refractivity contribution in [2.45, 2.75) is 26.3 Å². The maximum Gasteiger partial charge on any atom is 0.256 e. The van der Waals surface area contributed by atoms with Crippen LogP contribution in [-0.2, 0) is 9.63 Å². The van der Waals surface area contributed by atoms with E-state index in [2.05, 4.69) is 6.58 Å². The third kappa shape index (κ3) is 2.31. The van der Waals surface area contributed by atoms with Crippen LogP contribution >= 0.6 is 0 Å². The van der Waals surface area contributed by atoms with Gasteiger partial charge in [-0.2, -0.15) is 0 Å². The van der Waals surface area contributed by atoms with E-state index in [0.29, 0.717) is 6.61 Å². The van der Waals surface area contributed by atoms with Crippen LogP contribution in [0.15, 0.2) is 43.0 Å². The number of carbonyl (C=O) groups is 1. The fourth-order valence-electron chi connectivity index (χ4n) is 2.02. The summed E-state index contributed by atoms with van der Waals surface area (Å²) in [5, 5.41) is 1.51. The smallest absolute Gasteiger partial charge is 0.256 e. The Morgan fingerprint density at radius 3 is 2.72 bits per heavy atom. The van der Waals surface area contributed by atoms with Crippen molar-refractivity contribution in [2.75, 3.05) is 6.61 Å². The van der Waals surface area contributed by atoms with Crippen LogP contribution in [0.3, 0.4) is 0 Å². The van der Waals surface area contributed by atoms with Gasteiger partial charge in [0.15, 0.2) is 0 Å². The van der Waals surface area contributed by atoms with E-state index < -0.39 is 5.41 Å². The Morgan fingerprint density at radius 1 is 1.44 bits per heavy atom. The zero-order chi connectivity index (χ0) is 13.2. The van der Waals surface area contributed by atoms with Crippen LogP contribution in [0.5, 0.6) is 0 Å². The second-order valence-corrected chi connectivity index (χ2v) is 5.11. The van der Waals surface area contributed by atoms with Crippen LogP contribution in [0.4, 0.5) is 0 Å². The van der Waals surface area contributed by atoms with Crippen LogP contribution in [0.25, 0.3) is 0 Å². The first-order chi connectivity index (χ1) is 8.56. The van der Waals surface area contributed by atoms with E-state index >= 15 is 0 Å². The Balaban J connectivity index is 2.23. The largest absolute Gasteiger partial charge is 0.272 e. The third-order valence-electron chi connectivity index (χ3n) is 3.35. The summed E-state index contributed by atoms with van der Waals surface area (Å²) in [5.41, 5.74) is 0.514. The van der Waals surface area contributed by atoms with E-state index in [4.69, 9.17) is 4.84 Å². The van der Waals surface area contributed by atoms with Crippen LogP contribution in [0, 0.1) is 5.41 Å². The summed E-state index contributed by atoms with van der Waals surface area (Å²) < 4.78 is 0. The Labute approximate surface area is 108 Å². The molecule has 0 aromatic heterocycles. The predicted octanol–water partition coefficient (Wildman–Crippen LogP) is 3.10. The molecule has 1 saturated heterocycles. The van der Waals surface area contributed by atoms with Crippen molar-refractivity contribution in [1.82, 2.24) is 5.06 Å². The van der Waals surface area contributed by atoms with E-state index in [0.717, 1.165) is 12.0 Å². The fraction of sp³-hybridized carbons (Fsp3) is 0.400. The number of hydroxylamine groups is 2. The number of amides is 1. The molecular weight excluding hydrogens is 226 g/mol. The van der Waals surface area contributed by atoms with Crippen molar-refractivity contribution in [3.05, 3.63) is 48.6 Å². The van der Waals surface area contributed by atoms with Crippen molar-refractivity contribution in [2.24, 2.45) is 5.41 Å². The maximum absolute atomic E-state index is 12.4. The second kappa shape index (κ2) is 4.94. The Morgan fingerprint density at radius 2 is 2.11 bits per heavy atom. The van der Waals surface area contributed by atoms with Crippen molar-refractivity contribution in [1.29, 1.82) is 0 Å². The van der Waals surface area contributed by atoms with E-state index in [-0.39, 0.29) is 11.9 Å². The molecular formula is C15H19NO2. The Bertz CT molecular complexity index is 439. The van der Waals surface area contributed by atoms with Crippen LogP contribution in [0.2, 0.25) is 0 Å². The number of carbonyl (C=O) groups excluding carboxylic acids is 1. The summed E-state index contributed by atoms with van der Waals surface area (Å²) >= 11 is 0. The van der Waals surface area contributed by atoms with Gasteiger partial charge in [-0.3, -0.25) is 9.63 Å². The molecule has 2 rings (SSSR count). The molecule has 3 nitrogen and oxygen atoms in total. The summed E-state index contributed by atoms with van der Waals surface area (Å²) in [4.78, 5) is 17.9. The predicted molar refractivity (Wildman–Crippen MR) is 70.6 cm³/mol. The van der Waals surface area contributed by atoms with Gasteiger partial charge in [0.05, 0.1) is 18.1 Å². The van der Waals surface area contributed by atoms with Crippen LogP contribution in [-0.4, -0.2) is 17.6 Å². The van der Waals surface area contributed by atoms with Gasteiger partial charge in [-0.25, -0.2) is 5.06 Å². The Hall–Kier alpha value is -1.61. The van der Waals surface area contributed by atoms with Gasteiger partial charge in [0, 0.05) is 6.42 Å². The van der Waals surface area contributed by atoms with Gasteiger partial charge in [0.25, 0.3) is 5.91 Å². The van der Waals surface area contributed by atoms with Crippen LogP contribution in [0.1, 0.15) is 31.9 Å². The molecule has 3 heteroatoms. The molecule has 0 aliphatic carbocycles. The molecule has 18 heavy (non-hydrogen) atoms.